The lowest BCUT2D eigenvalue weighted by atomic mass is 10.1. The zero-order valence-electron chi connectivity index (χ0n) is 11.6. The Labute approximate surface area is 141 Å². The first kappa shape index (κ1) is 17.9. The number of amides is 1. The highest BCUT2D eigenvalue weighted by Gasteiger charge is 2.13. The molecule has 21 heavy (non-hydrogen) atoms. The Morgan fingerprint density at radius 3 is 2.76 bits per heavy atom. The molecular weight excluding hydrogens is 376 g/mol. The van der Waals surface area contributed by atoms with E-state index in [2.05, 4.69) is 45.3 Å². The monoisotopic (exact) mass is 390 g/mol. The van der Waals surface area contributed by atoms with Crippen molar-refractivity contribution in [3.63, 3.8) is 0 Å². The summed E-state index contributed by atoms with van der Waals surface area (Å²) in [6.45, 7) is 4.23. The molecule has 0 aliphatic rings. The van der Waals surface area contributed by atoms with E-state index in [9.17, 15) is 4.79 Å². The molecule has 0 radical (unpaired) electrons. The van der Waals surface area contributed by atoms with Crippen LogP contribution in [-0.2, 0) is 6.42 Å². The summed E-state index contributed by atoms with van der Waals surface area (Å²) in [5.74, 6) is 0.232. The number of benzene rings is 1. The number of carbonyl (C=O) groups excluding carboxylic acids is 1. The molecule has 0 saturated carbocycles. The summed E-state index contributed by atoms with van der Waals surface area (Å²) in [7, 11) is 0. The first-order valence-electron chi connectivity index (χ1n) is 6.14. The second-order valence-corrected chi connectivity index (χ2v) is 6.76. The molecule has 1 amide bonds. The molecule has 114 valence electrons. The number of aromatic nitrogens is 2. The SMILES string of the molecule is CC(C)Cc1nnc(NC(=O)c2ccc(Br)cc2N)s1.Cl. The Morgan fingerprint density at radius 1 is 1.43 bits per heavy atom. The molecule has 0 aliphatic carbocycles. The van der Waals surface area contributed by atoms with Gasteiger partial charge in [-0.05, 0) is 24.1 Å². The van der Waals surface area contributed by atoms with Crippen molar-refractivity contribution in [2.75, 3.05) is 11.1 Å². The van der Waals surface area contributed by atoms with E-state index in [1.165, 1.54) is 11.3 Å². The summed E-state index contributed by atoms with van der Waals surface area (Å²) in [6, 6.07) is 5.14. The third kappa shape index (κ3) is 4.94. The van der Waals surface area contributed by atoms with Gasteiger partial charge >= 0.3 is 0 Å². The normalized spacial score (nSPS) is 10.3. The molecule has 0 fully saturated rings. The van der Waals surface area contributed by atoms with E-state index >= 15 is 0 Å². The van der Waals surface area contributed by atoms with E-state index in [0.717, 1.165) is 15.9 Å². The summed E-state index contributed by atoms with van der Waals surface area (Å²) in [5.41, 5.74) is 6.67. The van der Waals surface area contributed by atoms with Gasteiger partial charge in [-0.3, -0.25) is 10.1 Å². The van der Waals surface area contributed by atoms with Crippen molar-refractivity contribution in [1.82, 2.24) is 10.2 Å². The molecule has 0 atom stereocenters. The zero-order chi connectivity index (χ0) is 14.7. The molecule has 1 heterocycles. The molecule has 5 nitrogen and oxygen atoms in total. The number of halogens is 2. The molecule has 0 saturated heterocycles. The minimum atomic E-state index is -0.276. The van der Waals surface area contributed by atoms with Gasteiger partial charge in [-0.1, -0.05) is 41.1 Å². The molecule has 0 aliphatic heterocycles. The minimum absolute atomic E-state index is 0. The summed E-state index contributed by atoms with van der Waals surface area (Å²) in [6.07, 6.45) is 0.855. The Balaban J connectivity index is 0.00000220. The summed E-state index contributed by atoms with van der Waals surface area (Å²) in [4.78, 5) is 12.1. The van der Waals surface area contributed by atoms with Crippen molar-refractivity contribution in [1.29, 1.82) is 0 Å². The van der Waals surface area contributed by atoms with Gasteiger partial charge < -0.3 is 5.73 Å². The number of hydrogen-bond donors (Lipinski definition) is 2. The lowest BCUT2D eigenvalue weighted by Gasteiger charge is -2.05. The summed E-state index contributed by atoms with van der Waals surface area (Å²) in [5, 5.41) is 12.2. The second-order valence-electron chi connectivity index (χ2n) is 4.78. The highest BCUT2D eigenvalue weighted by Crippen LogP contribution is 2.22. The molecule has 1 aromatic carbocycles. The van der Waals surface area contributed by atoms with Crippen LogP contribution in [0.4, 0.5) is 10.8 Å². The van der Waals surface area contributed by atoms with Crippen LogP contribution in [0.5, 0.6) is 0 Å². The molecule has 0 spiro atoms. The smallest absolute Gasteiger partial charge is 0.259 e. The van der Waals surface area contributed by atoms with Crippen LogP contribution in [0.2, 0.25) is 0 Å². The van der Waals surface area contributed by atoms with Crippen LogP contribution < -0.4 is 11.1 Å². The van der Waals surface area contributed by atoms with Crippen molar-refractivity contribution in [3.05, 3.63) is 33.2 Å². The molecule has 8 heteroatoms. The highest BCUT2D eigenvalue weighted by molar-refractivity contribution is 9.10. The lowest BCUT2D eigenvalue weighted by Crippen LogP contribution is -2.13. The molecule has 3 N–H and O–H groups in total. The Morgan fingerprint density at radius 2 is 2.14 bits per heavy atom. The summed E-state index contributed by atoms with van der Waals surface area (Å²) >= 11 is 4.70. The van der Waals surface area contributed by atoms with Crippen molar-refractivity contribution in [2.45, 2.75) is 20.3 Å². The van der Waals surface area contributed by atoms with E-state index in [1.54, 1.807) is 18.2 Å². The third-order valence-corrected chi connectivity index (χ3v) is 3.88. The van der Waals surface area contributed by atoms with Crippen LogP contribution in [-0.4, -0.2) is 16.1 Å². The van der Waals surface area contributed by atoms with Crippen LogP contribution in [0.25, 0.3) is 0 Å². The van der Waals surface area contributed by atoms with Crippen LogP contribution in [0.3, 0.4) is 0 Å². The molecule has 1 aromatic heterocycles. The van der Waals surface area contributed by atoms with Gasteiger partial charge in [-0.25, -0.2) is 0 Å². The molecule has 2 aromatic rings. The van der Waals surface area contributed by atoms with Gasteiger partial charge in [0.05, 0.1) is 5.56 Å². The molecular formula is C13H16BrClN4OS. The number of nitrogens with zero attached hydrogens (tertiary/aromatic N) is 2. The van der Waals surface area contributed by atoms with Crippen molar-refractivity contribution in [2.24, 2.45) is 5.92 Å². The predicted octanol–water partition coefficient (Wildman–Crippen LogP) is 3.76. The zero-order valence-corrected chi connectivity index (χ0v) is 14.8. The number of nitrogens with one attached hydrogen (secondary N) is 1. The molecule has 0 bridgehead atoms. The number of rotatable bonds is 4. The number of nitrogen functional groups attached to an aromatic ring is 1. The van der Waals surface area contributed by atoms with Crippen LogP contribution in [0.15, 0.2) is 22.7 Å². The van der Waals surface area contributed by atoms with Crippen LogP contribution >= 0.6 is 39.7 Å². The first-order chi connectivity index (χ1) is 9.45. The first-order valence-corrected chi connectivity index (χ1v) is 7.75. The van der Waals surface area contributed by atoms with E-state index in [-0.39, 0.29) is 18.3 Å². The number of carbonyl (C=O) groups is 1. The van der Waals surface area contributed by atoms with Crippen LogP contribution in [0.1, 0.15) is 29.2 Å². The topological polar surface area (TPSA) is 80.9 Å². The largest absolute Gasteiger partial charge is 0.398 e. The van der Waals surface area contributed by atoms with Gasteiger partial charge in [0.25, 0.3) is 5.91 Å². The van der Waals surface area contributed by atoms with E-state index in [4.69, 9.17) is 5.73 Å². The fourth-order valence-electron chi connectivity index (χ4n) is 1.64. The van der Waals surface area contributed by atoms with Gasteiger partial charge in [-0.15, -0.1) is 22.6 Å². The van der Waals surface area contributed by atoms with Crippen LogP contribution in [0, 0.1) is 5.92 Å². The van der Waals surface area contributed by atoms with E-state index < -0.39 is 0 Å². The predicted molar refractivity (Wildman–Crippen MR) is 92.2 cm³/mol. The maximum atomic E-state index is 12.1. The number of nitrogens with two attached hydrogens (primary N) is 1. The fourth-order valence-corrected chi connectivity index (χ4v) is 2.97. The summed E-state index contributed by atoms with van der Waals surface area (Å²) < 4.78 is 0.835. The number of hydrogen-bond acceptors (Lipinski definition) is 5. The van der Waals surface area contributed by atoms with Crippen molar-refractivity contribution < 1.29 is 4.79 Å². The Kier molecular flexibility index (Phi) is 6.57. The Bertz CT molecular complexity index is 632. The van der Waals surface area contributed by atoms with E-state index in [1.807, 2.05) is 0 Å². The lowest BCUT2D eigenvalue weighted by molar-refractivity contribution is 0.102. The van der Waals surface area contributed by atoms with Gasteiger partial charge in [-0.2, -0.15) is 0 Å². The number of anilines is 2. The van der Waals surface area contributed by atoms with E-state index in [0.29, 0.717) is 22.3 Å². The molecule has 0 unspecified atom stereocenters. The van der Waals surface area contributed by atoms with Crippen molar-refractivity contribution in [3.8, 4) is 0 Å². The Hall–Kier alpha value is -1.18. The maximum absolute atomic E-state index is 12.1. The third-order valence-electron chi connectivity index (χ3n) is 2.53. The van der Waals surface area contributed by atoms with Gasteiger partial charge in [0.2, 0.25) is 5.13 Å². The average Bonchev–Trinajstić information content (AvgIpc) is 2.75. The quantitative estimate of drug-likeness (QED) is 0.778. The van der Waals surface area contributed by atoms with Gasteiger partial charge in [0, 0.05) is 16.6 Å². The minimum Gasteiger partial charge on any atom is -0.398 e. The van der Waals surface area contributed by atoms with Gasteiger partial charge in [0.15, 0.2) is 0 Å². The highest BCUT2D eigenvalue weighted by atomic mass is 79.9. The molecule has 2 rings (SSSR count). The average molecular weight is 392 g/mol. The maximum Gasteiger partial charge on any atom is 0.259 e. The van der Waals surface area contributed by atoms with Gasteiger partial charge in [0.1, 0.15) is 5.01 Å². The van der Waals surface area contributed by atoms with Crippen molar-refractivity contribution >= 4 is 56.4 Å². The standard InChI is InChI=1S/C13H15BrN4OS.ClH/c1-7(2)5-11-17-18-13(20-11)16-12(19)9-4-3-8(14)6-10(9)15;/h3-4,6-7H,5,15H2,1-2H3,(H,16,18,19);1H. The fraction of sp³-hybridized carbons (Fsp3) is 0.308. The second kappa shape index (κ2) is 7.72.